The average Bonchev–Trinajstić information content (AvgIpc) is 2.28. The van der Waals surface area contributed by atoms with Crippen LogP contribution < -0.4 is 0 Å². The van der Waals surface area contributed by atoms with Crippen molar-refractivity contribution in [3.05, 3.63) is 35.4 Å². The molecule has 1 fully saturated rings. The Morgan fingerprint density at radius 3 is 2.88 bits per heavy atom. The SMILES string of the molecule is C[C@@H]1C[C@]2(C)CC(Cc3ccccc32)N1C#N. The van der Waals surface area contributed by atoms with Crippen molar-refractivity contribution in [1.82, 2.24) is 4.90 Å². The van der Waals surface area contributed by atoms with Crippen molar-refractivity contribution in [2.24, 2.45) is 0 Å². The summed E-state index contributed by atoms with van der Waals surface area (Å²) in [6, 6.07) is 9.54. The van der Waals surface area contributed by atoms with E-state index in [-0.39, 0.29) is 5.41 Å². The van der Waals surface area contributed by atoms with E-state index in [1.807, 2.05) is 4.90 Å². The predicted octanol–water partition coefficient (Wildman–Crippen LogP) is 2.83. The van der Waals surface area contributed by atoms with Crippen LogP contribution in [-0.2, 0) is 11.8 Å². The fourth-order valence-electron chi connectivity index (χ4n) is 3.92. The zero-order valence-corrected chi connectivity index (χ0v) is 10.5. The first-order valence-electron chi connectivity index (χ1n) is 6.40. The Kier molecular flexibility index (Phi) is 2.19. The Bertz CT molecular complexity index is 488. The second-order valence-electron chi connectivity index (χ2n) is 5.84. The minimum Gasteiger partial charge on any atom is -0.304 e. The van der Waals surface area contributed by atoms with Gasteiger partial charge in [-0.2, -0.15) is 5.26 Å². The predicted molar refractivity (Wildman–Crippen MR) is 67.4 cm³/mol. The van der Waals surface area contributed by atoms with Gasteiger partial charge in [-0.3, -0.25) is 0 Å². The molecule has 1 aliphatic heterocycles. The maximum absolute atomic E-state index is 9.28. The highest BCUT2D eigenvalue weighted by molar-refractivity contribution is 5.39. The van der Waals surface area contributed by atoms with E-state index >= 15 is 0 Å². The van der Waals surface area contributed by atoms with E-state index in [1.54, 1.807) is 0 Å². The maximum atomic E-state index is 9.28. The van der Waals surface area contributed by atoms with Crippen LogP contribution in [0.25, 0.3) is 0 Å². The molecule has 0 spiro atoms. The van der Waals surface area contributed by atoms with Crippen molar-refractivity contribution in [1.29, 1.82) is 5.26 Å². The minimum atomic E-state index is 0.270. The van der Waals surface area contributed by atoms with E-state index in [9.17, 15) is 5.26 Å². The minimum absolute atomic E-state index is 0.270. The first kappa shape index (κ1) is 10.7. The lowest BCUT2D eigenvalue weighted by molar-refractivity contribution is 0.0907. The summed E-state index contributed by atoms with van der Waals surface area (Å²) in [6.07, 6.45) is 5.64. The molecule has 1 saturated heterocycles. The summed E-state index contributed by atoms with van der Waals surface area (Å²) in [6.45, 7) is 4.55. The van der Waals surface area contributed by atoms with Crippen LogP contribution in [0.5, 0.6) is 0 Å². The molecule has 88 valence electrons. The van der Waals surface area contributed by atoms with E-state index in [1.165, 1.54) is 11.1 Å². The molecule has 1 aliphatic carbocycles. The highest BCUT2D eigenvalue weighted by atomic mass is 15.2. The summed E-state index contributed by atoms with van der Waals surface area (Å²) >= 11 is 0. The van der Waals surface area contributed by atoms with Crippen molar-refractivity contribution in [2.45, 2.75) is 50.6 Å². The molecule has 0 saturated carbocycles. The van der Waals surface area contributed by atoms with Crippen LogP contribution in [-0.4, -0.2) is 17.0 Å². The Balaban J connectivity index is 2.09. The number of likely N-dealkylation sites (tertiary alicyclic amines) is 1. The molecule has 1 aromatic carbocycles. The molecule has 0 radical (unpaired) electrons. The van der Waals surface area contributed by atoms with Crippen LogP contribution in [0.1, 0.15) is 37.8 Å². The molecule has 0 N–H and O–H groups in total. The van der Waals surface area contributed by atoms with E-state index in [2.05, 4.69) is 44.3 Å². The Hall–Kier alpha value is -1.49. The summed E-state index contributed by atoms with van der Waals surface area (Å²) in [7, 11) is 0. The molecule has 0 amide bonds. The summed E-state index contributed by atoms with van der Waals surface area (Å²) in [4.78, 5) is 2.01. The summed E-state index contributed by atoms with van der Waals surface area (Å²) in [5, 5.41) is 9.28. The Morgan fingerprint density at radius 2 is 2.12 bits per heavy atom. The standard InChI is InChI=1S/C15H18N2/c1-11-8-15(2)9-13(17(11)10-16)7-12-5-3-4-6-14(12)15/h3-6,11,13H,7-9H2,1-2H3/t11-,13?,15-/m1/s1. The van der Waals surface area contributed by atoms with Crippen LogP contribution in [0.3, 0.4) is 0 Å². The van der Waals surface area contributed by atoms with E-state index < -0.39 is 0 Å². The number of fused-ring (bicyclic) bond motifs is 4. The normalized spacial score (nSPS) is 35.0. The molecule has 2 heteroatoms. The fraction of sp³-hybridized carbons (Fsp3) is 0.533. The smallest absolute Gasteiger partial charge is 0.179 e. The number of benzene rings is 1. The van der Waals surface area contributed by atoms with Gasteiger partial charge >= 0.3 is 0 Å². The lowest BCUT2D eigenvalue weighted by Crippen LogP contribution is -2.54. The van der Waals surface area contributed by atoms with Gasteiger partial charge in [-0.25, -0.2) is 0 Å². The molecule has 1 aromatic rings. The van der Waals surface area contributed by atoms with Crippen molar-refractivity contribution in [2.75, 3.05) is 0 Å². The van der Waals surface area contributed by atoms with Gasteiger partial charge in [-0.05, 0) is 42.7 Å². The summed E-state index contributed by atoms with van der Waals surface area (Å²) in [5.74, 6) is 0. The summed E-state index contributed by atoms with van der Waals surface area (Å²) < 4.78 is 0. The van der Waals surface area contributed by atoms with Crippen molar-refractivity contribution in [3.63, 3.8) is 0 Å². The molecule has 1 unspecified atom stereocenters. The van der Waals surface area contributed by atoms with Gasteiger partial charge in [0.15, 0.2) is 6.19 Å². The highest BCUT2D eigenvalue weighted by Gasteiger charge is 2.45. The molecule has 17 heavy (non-hydrogen) atoms. The van der Waals surface area contributed by atoms with Gasteiger partial charge in [0.1, 0.15) is 0 Å². The van der Waals surface area contributed by atoms with Gasteiger partial charge in [-0.15, -0.1) is 0 Å². The van der Waals surface area contributed by atoms with Crippen LogP contribution in [0.15, 0.2) is 24.3 Å². The zero-order chi connectivity index (χ0) is 12.0. The van der Waals surface area contributed by atoms with Crippen LogP contribution in [0.2, 0.25) is 0 Å². The lowest BCUT2D eigenvalue weighted by Gasteiger charge is -2.51. The third kappa shape index (κ3) is 1.45. The van der Waals surface area contributed by atoms with Gasteiger partial charge in [0.2, 0.25) is 0 Å². The molecule has 1 heterocycles. The Morgan fingerprint density at radius 1 is 1.35 bits per heavy atom. The molecule has 2 nitrogen and oxygen atoms in total. The van der Waals surface area contributed by atoms with E-state index in [4.69, 9.17) is 0 Å². The van der Waals surface area contributed by atoms with Gasteiger partial charge in [-0.1, -0.05) is 31.2 Å². The van der Waals surface area contributed by atoms with Gasteiger partial charge in [0, 0.05) is 12.1 Å². The largest absolute Gasteiger partial charge is 0.304 e. The quantitative estimate of drug-likeness (QED) is 0.636. The van der Waals surface area contributed by atoms with Crippen LogP contribution in [0, 0.1) is 11.5 Å². The van der Waals surface area contributed by atoms with Gasteiger partial charge in [0.25, 0.3) is 0 Å². The fourth-order valence-corrected chi connectivity index (χ4v) is 3.92. The zero-order valence-electron chi connectivity index (χ0n) is 10.5. The molecule has 3 atom stereocenters. The van der Waals surface area contributed by atoms with Crippen molar-refractivity contribution < 1.29 is 0 Å². The third-order valence-electron chi connectivity index (χ3n) is 4.54. The second kappa shape index (κ2) is 3.50. The first-order valence-corrected chi connectivity index (χ1v) is 6.40. The number of nitriles is 1. The molecular formula is C15H18N2. The highest BCUT2D eigenvalue weighted by Crippen LogP contribution is 2.46. The average molecular weight is 226 g/mol. The number of hydrogen-bond donors (Lipinski definition) is 0. The monoisotopic (exact) mass is 226 g/mol. The van der Waals surface area contributed by atoms with Crippen LogP contribution in [0.4, 0.5) is 0 Å². The summed E-state index contributed by atoms with van der Waals surface area (Å²) in [5.41, 5.74) is 3.23. The lowest BCUT2D eigenvalue weighted by atomic mass is 9.63. The topological polar surface area (TPSA) is 27.0 Å². The van der Waals surface area contributed by atoms with E-state index in [0.29, 0.717) is 12.1 Å². The Labute approximate surface area is 103 Å². The maximum Gasteiger partial charge on any atom is 0.179 e. The van der Waals surface area contributed by atoms with E-state index in [0.717, 1.165) is 19.3 Å². The first-order chi connectivity index (χ1) is 8.14. The molecular weight excluding hydrogens is 208 g/mol. The van der Waals surface area contributed by atoms with Crippen molar-refractivity contribution >= 4 is 0 Å². The third-order valence-corrected chi connectivity index (χ3v) is 4.54. The molecule has 0 aromatic heterocycles. The molecule has 2 bridgehead atoms. The second-order valence-corrected chi connectivity index (χ2v) is 5.84. The van der Waals surface area contributed by atoms with Crippen LogP contribution >= 0.6 is 0 Å². The van der Waals surface area contributed by atoms with Gasteiger partial charge in [0.05, 0.1) is 0 Å². The molecule has 3 rings (SSSR count). The number of nitrogens with zero attached hydrogens (tertiary/aromatic N) is 2. The number of rotatable bonds is 0. The number of piperidine rings is 1. The number of hydrogen-bond acceptors (Lipinski definition) is 2. The van der Waals surface area contributed by atoms with Gasteiger partial charge < -0.3 is 4.90 Å². The van der Waals surface area contributed by atoms with Crippen molar-refractivity contribution in [3.8, 4) is 6.19 Å². The molecule has 2 aliphatic rings.